The van der Waals surface area contributed by atoms with E-state index in [-0.39, 0.29) is 24.5 Å². The van der Waals surface area contributed by atoms with Gasteiger partial charge in [-0.25, -0.2) is 4.98 Å². The Morgan fingerprint density at radius 2 is 2.18 bits per heavy atom. The lowest BCUT2D eigenvalue weighted by atomic mass is 10.2. The van der Waals surface area contributed by atoms with Crippen LogP contribution in [0, 0.1) is 0 Å². The minimum atomic E-state index is -0.385. The second-order valence-electron chi connectivity index (χ2n) is 6.69. The Morgan fingerprint density at radius 1 is 1.36 bits per heavy atom. The molecule has 0 bridgehead atoms. The first-order chi connectivity index (χ1) is 13.6. The van der Waals surface area contributed by atoms with Crippen molar-refractivity contribution in [3.63, 3.8) is 0 Å². The smallest absolute Gasteiger partial charge is 0.260 e. The van der Waals surface area contributed by atoms with Crippen LogP contribution in [-0.2, 0) is 27.3 Å². The number of hydrogen-bond donors (Lipinski definition) is 1. The third-order valence-electron chi connectivity index (χ3n) is 4.71. The molecule has 3 heterocycles. The van der Waals surface area contributed by atoms with E-state index in [9.17, 15) is 9.59 Å². The Kier molecular flexibility index (Phi) is 5.79. The predicted octanol–water partition coefficient (Wildman–Crippen LogP) is 2.88. The van der Waals surface area contributed by atoms with Crippen LogP contribution in [-0.4, -0.2) is 47.6 Å². The molecule has 148 valence electrons. The quantitative estimate of drug-likeness (QED) is 0.802. The standard InChI is InChI=1S/C19H20ClN3O4S/c20-12-3-5-13(6-4-12)27-11-17(24)23-8-7-14-16(10-23)28-19(21-14)22-18(25)15-2-1-9-26-15/h3-6,15H,1-2,7-11H2,(H,21,22,25). The number of carbonyl (C=O) groups is 2. The molecule has 2 aliphatic rings. The van der Waals surface area contributed by atoms with Crippen molar-refractivity contribution in [3.05, 3.63) is 39.9 Å². The minimum Gasteiger partial charge on any atom is -0.484 e. The van der Waals surface area contributed by atoms with E-state index in [4.69, 9.17) is 21.1 Å². The van der Waals surface area contributed by atoms with Crippen molar-refractivity contribution in [2.45, 2.75) is 31.9 Å². The second-order valence-corrected chi connectivity index (χ2v) is 8.21. The molecule has 1 aromatic heterocycles. The maximum absolute atomic E-state index is 12.5. The summed E-state index contributed by atoms with van der Waals surface area (Å²) in [6.07, 6.45) is 1.92. The van der Waals surface area contributed by atoms with Gasteiger partial charge in [0.25, 0.3) is 11.8 Å². The lowest BCUT2D eigenvalue weighted by Crippen LogP contribution is -2.38. The molecule has 0 radical (unpaired) electrons. The number of anilines is 1. The Bertz CT molecular complexity index is 865. The summed E-state index contributed by atoms with van der Waals surface area (Å²) in [6.45, 7) is 1.66. The van der Waals surface area contributed by atoms with Crippen LogP contribution in [0.15, 0.2) is 24.3 Å². The SMILES string of the molecule is O=C(Nc1nc2c(s1)CN(C(=O)COc1ccc(Cl)cc1)CC2)C1CCCO1. The van der Waals surface area contributed by atoms with Crippen molar-refractivity contribution < 1.29 is 19.1 Å². The van der Waals surface area contributed by atoms with Crippen LogP contribution in [0.4, 0.5) is 5.13 Å². The summed E-state index contributed by atoms with van der Waals surface area (Å²) in [7, 11) is 0. The Morgan fingerprint density at radius 3 is 2.93 bits per heavy atom. The molecule has 28 heavy (non-hydrogen) atoms. The summed E-state index contributed by atoms with van der Waals surface area (Å²) in [6, 6.07) is 6.91. The van der Waals surface area contributed by atoms with E-state index in [0.717, 1.165) is 23.4 Å². The molecule has 2 aromatic rings. The molecule has 2 aliphatic heterocycles. The van der Waals surface area contributed by atoms with E-state index < -0.39 is 0 Å². The molecule has 4 rings (SSSR count). The lowest BCUT2D eigenvalue weighted by Gasteiger charge is -2.26. The number of ether oxygens (including phenoxy) is 2. The number of hydrogen-bond acceptors (Lipinski definition) is 6. The van der Waals surface area contributed by atoms with E-state index in [1.807, 2.05) is 0 Å². The van der Waals surface area contributed by atoms with Gasteiger partial charge < -0.3 is 14.4 Å². The molecule has 0 aliphatic carbocycles. The molecule has 0 saturated carbocycles. The van der Waals surface area contributed by atoms with Crippen LogP contribution < -0.4 is 10.1 Å². The summed E-state index contributed by atoms with van der Waals surface area (Å²) in [4.78, 5) is 31.9. The van der Waals surface area contributed by atoms with Gasteiger partial charge in [0, 0.05) is 29.5 Å². The van der Waals surface area contributed by atoms with Gasteiger partial charge in [-0.15, -0.1) is 0 Å². The third-order valence-corrected chi connectivity index (χ3v) is 5.96. The molecule has 1 aromatic carbocycles. The highest BCUT2D eigenvalue weighted by Gasteiger charge is 2.27. The van der Waals surface area contributed by atoms with E-state index >= 15 is 0 Å². The number of amides is 2. The Labute approximate surface area is 171 Å². The maximum atomic E-state index is 12.5. The number of benzene rings is 1. The van der Waals surface area contributed by atoms with Crippen molar-refractivity contribution in [3.8, 4) is 5.75 Å². The molecule has 0 spiro atoms. The zero-order chi connectivity index (χ0) is 19.5. The average molecular weight is 422 g/mol. The van der Waals surface area contributed by atoms with Gasteiger partial charge in [-0.1, -0.05) is 22.9 Å². The molecule has 1 unspecified atom stereocenters. The normalized spacial score (nSPS) is 18.6. The van der Waals surface area contributed by atoms with Crippen molar-refractivity contribution in [2.75, 3.05) is 25.1 Å². The molecular weight excluding hydrogens is 402 g/mol. The second kappa shape index (κ2) is 8.46. The number of nitrogens with one attached hydrogen (secondary N) is 1. The summed E-state index contributed by atoms with van der Waals surface area (Å²) in [5.41, 5.74) is 0.940. The first-order valence-electron chi connectivity index (χ1n) is 9.15. The fraction of sp³-hybridized carbons (Fsp3) is 0.421. The molecule has 1 atom stereocenters. The summed E-state index contributed by atoms with van der Waals surface area (Å²) in [5.74, 6) is 0.374. The fourth-order valence-electron chi connectivity index (χ4n) is 3.20. The molecule has 2 amide bonds. The van der Waals surface area contributed by atoms with Crippen molar-refractivity contribution in [1.29, 1.82) is 0 Å². The largest absolute Gasteiger partial charge is 0.484 e. The predicted molar refractivity (Wildman–Crippen MR) is 106 cm³/mol. The average Bonchev–Trinajstić information content (AvgIpc) is 3.36. The van der Waals surface area contributed by atoms with Crippen molar-refractivity contribution >= 4 is 39.9 Å². The van der Waals surface area contributed by atoms with Gasteiger partial charge in [0.15, 0.2) is 11.7 Å². The van der Waals surface area contributed by atoms with Gasteiger partial charge >= 0.3 is 0 Å². The summed E-state index contributed by atoms with van der Waals surface area (Å²) >= 11 is 7.26. The van der Waals surface area contributed by atoms with E-state index in [1.54, 1.807) is 29.2 Å². The minimum absolute atomic E-state index is 0.0294. The van der Waals surface area contributed by atoms with Gasteiger partial charge in [-0.2, -0.15) is 0 Å². The Balaban J connectivity index is 1.32. The highest BCUT2D eigenvalue weighted by atomic mass is 35.5. The van der Waals surface area contributed by atoms with Gasteiger partial charge in [-0.3, -0.25) is 14.9 Å². The third kappa shape index (κ3) is 4.45. The van der Waals surface area contributed by atoms with E-state index in [2.05, 4.69) is 10.3 Å². The van der Waals surface area contributed by atoms with Gasteiger partial charge in [0.2, 0.25) is 0 Å². The highest BCUT2D eigenvalue weighted by molar-refractivity contribution is 7.15. The van der Waals surface area contributed by atoms with Gasteiger partial charge in [-0.05, 0) is 37.1 Å². The summed E-state index contributed by atoms with van der Waals surface area (Å²) < 4.78 is 10.9. The first-order valence-corrected chi connectivity index (χ1v) is 10.3. The number of fused-ring (bicyclic) bond motifs is 1. The number of halogens is 1. The highest BCUT2D eigenvalue weighted by Crippen LogP contribution is 2.29. The van der Waals surface area contributed by atoms with Crippen molar-refractivity contribution in [1.82, 2.24) is 9.88 Å². The zero-order valence-electron chi connectivity index (χ0n) is 15.2. The molecule has 1 fully saturated rings. The van der Waals surface area contributed by atoms with Crippen LogP contribution in [0.25, 0.3) is 0 Å². The molecule has 1 saturated heterocycles. The lowest BCUT2D eigenvalue weighted by molar-refractivity contribution is -0.134. The van der Waals surface area contributed by atoms with Crippen LogP contribution in [0.1, 0.15) is 23.4 Å². The monoisotopic (exact) mass is 421 g/mol. The van der Waals surface area contributed by atoms with E-state index in [1.165, 1.54) is 11.3 Å². The molecular formula is C19H20ClN3O4S. The zero-order valence-corrected chi connectivity index (χ0v) is 16.7. The maximum Gasteiger partial charge on any atom is 0.260 e. The van der Waals surface area contributed by atoms with Crippen LogP contribution in [0.5, 0.6) is 5.75 Å². The van der Waals surface area contributed by atoms with Gasteiger partial charge in [0.1, 0.15) is 11.9 Å². The van der Waals surface area contributed by atoms with Gasteiger partial charge in [0.05, 0.1) is 12.2 Å². The Hall–Kier alpha value is -2.16. The number of carbonyl (C=O) groups excluding carboxylic acids is 2. The number of nitrogens with zero attached hydrogens (tertiary/aromatic N) is 2. The summed E-state index contributed by atoms with van der Waals surface area (Å²) in [5, 5.41) is 4.03. The van der Waals surface area contributed by atoms with Crippen LogP contribution in [0.2, 0.25) is 5.02 Å². The number of thiazole rings is 1. The molecule has 1 N–H and O–H groups in total. The number of rotatable bonds is 5. The van der Waals surface area contributed by atoms with Crippen LogP contribution in [0.3, 0.4) is 0 Å². The number of aromatic nitrogens is 1. The fourth-order valence-corrected chi connectivity index (χ4v) is 4.35. The first kappa shape index (κ1) is 19.2. The molecule has 7 nitrogen and oxygen atoms in total. The topological polar surface area (TPSA) is 80.8 Å². The van der Waals surface area contributed by atoms with Crippen LogP contribution >= 0.6 is 22.9 Å². The van der Waals surface area contributed by atoms with E-state index in [0.29, 0.717) is 42.0 Å². The molecule has 9 heteroatoms. The van der Waals surface area contributed by atoms with Crippen molar-refractivity contribution in [2.24, 2.45) is 0 Å².